The number of hydrogen-bond donors (Lipinski definition) is 3. The number of rotatable bonds is 6. The Morgan fingerprint density at radius 3 is 2.79 bits per heavy atom. The van der Waals surface area contributed by atoms with Gasteiger partial charge in [0.2, 0.25) is 11.9 Å². The quantitative estimate of drug-likeness (QED) is 0.723. The second-order valence-corrected chi connectivity index (χ2v) is 5.89. The monoisotopic (exact) mass is 329 g/mol. The summed E-state index contributed by atoms with van der Waals surface area (Å²) in [6, 6.07) is 9.47. The van der Waals surface area contributed by atoms with E-state index >= 15 is 0 Å². The van der Waals surface area contributed by atoms with Crippen molar-refractivity contribution in [3.05, 3.63) is 30.3 Å². The minimum Gasteiger partial charge on any atom is -0.351 e. The maximum Gasteiger partial charge on any atom is 0.248 e. The summed E-state index contributed by atoms with van der Waals surface area (Å²) >= 11 is 0. The minimum atomic E-state index is -0.367. The summed E-state index contributed by atoms with van der Waals surface area (Å²) in [5, 5.41) is 21.3. The van der Waals surface area contributed by atoms with E-state index in [-0.39, 0.29) is 18.0 Å². The maximum absolute atomic E-state index is 12.5. The first-order valence-electron chi connectivity index (χ1n) is 8.39. The van der Waals surface area contributed by atoms with Gasteiger partial charge in [-0.3, -0.25) is 4.79 Å². The van der Waals surface area contributed by atoms with E-state index in [4.69, 9.17) is 0 Å². The van der Waals surface area contributed by atoms with Crippen LogP contribution in [0.3, 0.4) is 0 Å². The van der Waals surface area contributed by atoms with Gasteiger partial charge in [-0.25, -0.2) is 0 Å². The zero-order valence-electron chi connectivity index (χ0n) is 13.8. The molecule has 2 aromatic rings. The summed E-state index contributed by atoms with van der Waals surface area (Å²) < 4.78 is 1.60. The van der Waals surface area contributed by atoms with E-state index in [0.29, 0.717) is 12.4 Å². The molecule has 8 nitrogen and oxygen atoms in total. The van der Waals surface area contributed by atoms with E-state index in [9.17, 15) is 4.79 Å². The lowest BCUT2D eigenvalue weighted by Crippen LogP contribution is -2.48. The summed E-state index contributed by atoms with van der Waals surface area (Å²) in [7, 11) is 0. The first-order chi connectivity index (χ1) is 11.8. The first kappa shape index (κ1) is 16.4. The summed E-state index contributed by atoms with van der Waals surface area (Å²) in [6.07, 6.45) is 2.58. The summed E-state index contributed by atoms with van der Waals surface area (Å²) in [6.45, 7) is 3.86. The number of aromatic nitrogens is 4. The average molecular weight is 329 g/mol. The largest absolute Gasteiger partial charge is 0.351 e. The van der Waals surface area contributed by atoms with E-state index in [1.807, 2.05) is 37.3 Å². The van der Waals surface area contributed by atoms with Crippen molar-refractivity contribution in [3.8, 4) is 5.69 Å². The Morgan fingerprint density at radius 2 is 2.08 bits per heavy atom. The molecular weight excluding hydrogens is 306 g/mol. The van der Waals surface area contributed by atoms with Gasteiger partial charge in [0.05, 0.1) is 5.69 Å². The molecule has 1 aliphatic heterocycles. The van der Waals surface area contributed by atoms with Crippen LogP contribution in [0.4, 0.5) is 5.95 Å². The second kappa shape index (κ2) is 7.87. The molecule has 0 spiro atoms. The van der Waals surface area contributed by atoms with Gasteiger partial charge in [0.15, 0.2) is 0 Å². The molecular formula is C16H23N7O. The van der Waals surface area contributed by atoms with Gasteiger partial charge in [0.1, 0.15) is 6.04 Å². The van der Waals surface area contributed by atoms with Gasteiger partial charge >= 0.3 is 0 Å². The number of benzene rings is 1. The SMILES string of the molecule is CCC(Nc1nnnn1-c1ccccc1)C(=O)NC1CCNCC1. The zero-order chi connectivity index (χ0) is 16.8. The molecule has 1 aromatic heterocycles. The maximum atomic E-state index is 12.5. The highest BCUT2D eigenvalue weighted by Gasteiger charge is 2.23. The van der Waals surface area contributed by atoms with Crippen molar-refractivity contribution >= 4 is 11.9 Å². The number of hydrogen-bond acceptors (Lipinski definition) is 6. The molecule has 1 aromatic carbocycles. The van der Waals surface area contributed by atoms with Gasteiger partial charge in [-0.15, -0.1) is 0 Å². The predicted molar refractivity (Wildman–Crippen MR) is 90.9 cm³/mol. The van der Waals surface area contributed by atoms with Crippen molar-refractivity contribution in [1.82, 2.24) is 30.8 Å². The highest BCUT2D eigenvalue weighted by Crippen LogP contribution is 2.13. The Balaban J connectivity index is 1.67. The molecule has 1 amide bonds. The second-order valence-electron chi connectivity index (χ2n) is 5.89. The predicted octanol–water partition coefficient (Wildman–Crippen LogP) is 0.721. The fourth-order valence-corrected chi connectivity index (χ4v) is 2.80. The van der Waals surface area contributed by atoms with Gasteiger partial charge in [-0.2, -0.15) is 4.68 Å². The molecule has 1 aliphatic rings. The lowest BCUT2D eigenvalue weighted by Gasteiger charge is -2.26. The summed E-state index contributed by atoms with van der Waals surface area (Å²) in [4.78, 5) is 12.5. The van der Waals surface area contributed by atoms with Gasteiger partial charge in [0.25, 0.3) is 0 Å². The topological polar surface area (TPSA) is 96.8 Å². The first-order valence-corrected chi connectivity index (χ1v) is 8.39. The van der Waals surface area contributed by atoms with E-state index in [0.717, 1.165) is 31.6 Å². The van der Waals surface area contributed by atoms with Crippen molar-refractivity contribution in [2.75, 3.05) is 18.4 Å². The summed E-state index contributed by atoms with van der Waals surface area (Å²) in [5.74, 6) is 0.459. The number of carbonyl (C=O) groups excluding carboxylic acids is 1. The van der Waals surface area contributed by atoms with E-state index < -0.39 is 0 Å². The van der Waals surface area contributed by atoms with Crippen LogP contribution in [0.1, 0.15) is 26.2 Å². The zero-order valence-corrected chi connectivity index (χ0v) is 13.8. The van der Waals surface area contributed by atoms with Crippen LogP contribution < -0.4 is 16.0 Å². The Hall–Kier alpha value is -2.48. The van der Waals surface area contributed by atoms with Crippen LogP contribution in [-0.4, -0.2) is 51.3 Å². The molecule has 1 saturated heterocycles. The number of nitrogens with zero attached hydrogens (tertiary/aromatic N) is 4. The Morgan fingerprint density at radius 1 is 1.33 bits per heavy atom. The molecule has 0 radical (unpaired) electrons. The number of carbonyl (C=O) groups is 1. The van der Waals surface area contributed by atoms with Crippen molar-refractivity contribution in [2.24, 2.45) is 0 Å². The molecule has 3 N–H and O–H groups in total. The average Bonchev–Trinajstić information content (AvgIpc) is 3.09. The highest BCUT2D eigenvalue weighted by atomic mass is 16.2. The normalized spacial score (nSPS) is 16.5. The van der Waals surface area contributed by atoms with Gasteiger partial charge in [-0.05, 0) is 54.9 Å². The molecule has 1 unspecified atom stereocenters. The Kier molecular flexibility index (Phi) is 5.37. The van der Waals surface area contributed by atoms with Crippen molar-refractivity contribution in [2.45, 2.75) is 38.3 Å². The molecule has 24 heavy (non-hydrogen) atoms. The van der Waals surface area contributed by atoms with Crippen LogP contribution in [0.2, 0.25) is 0 Å². The van der Waals surface area contributed by atoms with Gasteiger partial charge in [0, 0.05) is 6.04 Å². The summed E-state index contributed by atoms with van der Waals surface area (Å²) in [5.41, 5.74) is 0.846. The molecule has 8 heteroatoms. The van der Waals surface area contributed by atoms with Crippen LogP contribution in [0.25, 0.3) is 5.69 Å². The molecule has 0 aliphatic carbocycles. The highest BCUT2D eigenvalue weighted by molar-refractivity contribution is 5.84. The third kappa shape index (κ3) is 3.88. The molecule has 0 bridgehead atoms. The molecule has 3 rings (SSSR count). The number of anilines is 1. The van der Waals surface area contributed by atoms with E-state index in [2.05, 4.69) is 31.5 Å². The van der Waals surface area contributed by atoms with Crippen LogP contribution in [0, 0.1) is 0 Å². The molecule has 1 atom stereocenters. The number of amides is 1. The van der Waals surface area contributed by atoms with Gasteiger partial charge in [-0.1, -0.05) is 30.2 Å². The smallest absolute Gasteiger partial charge is 0.248 e. The van der Waals surface area contributed by atoms with Crippen LogP contribution in [-0.2, 0) is 4.79 Å². The number of nitrogens with one attached hydrogen (secondary N) is 3. The fraction of sp³-hybridized carbons (Fsp3) is 0.500. The van der Waals surface area contributed by atoms with Crippen LogP contribution in [0.5, 0.6) is 0 Å². The molecule has 1 fully saturated rings. The lowest BCUT2D eigenvalue weighted by molar-refractivity contribution is -0.122. The van der Waals surface area contributed by atoms with Crippen molar-refractivity contribution in [3.63, 3.8) is 0 Å². The lowest BCUT2D eigenvalue weighted by atomic mass is 10.1. The van der Waals surface area contributed by atoms with E-state index in [1.165, 1.54) is 0 Å². The van der Waals surface area contributed by atoms with Crippen LogP contribution >= 0.6 is 0 Å². The Bertz CT molecular complexity index is 651. The third-order valence-corrected chi connectivity index (χ3v) is 4.18. The molecule has 128 valence electrons. The minimum absolute atomic E-state index is 0.00740. The Labute approximate surface area is 141 Å². The molecule has 0 saturated carbocycles. The van der Waals surface area contributed by atoms with Crippen LogP contribution in [0.15, 0.2) is 30.3 Å². The third-order valence-electron chi connectivity index (χ3n) is 4.18. The number of tetrazole rings is 1. The number of piperidine rings is 1. The molecule has 2 heterocycles. The van der Waals surface area contributed by atoms with Crippen molar-refractivity contribution < 1.29 is 4.79 Å². The standard InChI is InChI=1S/C16H23N7O/c1-2-14(15(24)18-12-8-10-17-11-9-12)19-16-20-21-22-23(16)13-6-4-3-5-7-13/h3-7,12,14,17H,2,8-11H2,1H3,(H,18,24)(H,19,20,22). The van der Waals surface area contributed by atoms with Gasteiger partial charge < -0.3 is 16.0 Å². The van der Waals surface area contributed by atoms with Crippen molar-refractivity contribution in [1.29, 1.82) is 0 Å². The fourth-order valence-electron chi connectivity index (χ4n) is 2.80. The number of para-hydroxylation sites is 1. The van der Waals surface area contributed by atoms with E-state index in [1.54, 1.807) is 4.68 Å².